The Balaban J connectivity index is 1.95. The van der Waals surface area contributed by atoms with Crippen LogP contribution in [0, 0.1) is 12.7 Å². The van der Waals surface area contributed by atoms with Crippen molar-refractivity contribution in [2.45, 2.75) is 56.7 Å². The van der Waals surface area contributed by atoms with Gasteiger partial charge in [-0.1, -0.05) is 12.5 Å². The molecule has 2 atom stereocenters. The number of piperidine rings is 2. The van der Waals surface area contributed by atoms with Crippen molar-refractivity contribution in [1.29, 1.82) is 0 Å². The fraction of sp³-hybridized carbons (Fsp3) is 0.625. The predicted octanol–water partition coefficient (Wildman–Crippen LogP) is 2.97. The molecule has 104 valence electrons. The van der Waals surface area contributed by atoms with Crippen LogP contribution >= 0.6 is 0 Å². The minimum Gasteiger partial charge on any atom is -0.385 e. The standard InChI is InChI=1S/C16H22FNO/c1-11-8-12(17)6-7-15(11)16(19)9-13-4-3-5-14(10-16)18(13)2/h6-8,13-14,19H,3-5,9-10H2,1-2H3. The van der Waals surface area contributed by atoms with Crippen LogP contribution in [0.5, 0.6) is 0 Å². The van der Waals surface area contributed by atoms with Crippen molar-refractivity contribution in [3.8, 4) is 0 Å². The van der Waals surface area contributed by atoms with Gasteiger partial charge in [0.05, 0.1) is 5.60 Å². The molecule has 3 heteroatoms. The second-order valence-electron chi connectivity index (χ2n) is 6.30. The van der Waals surface area contributed by atoms with Crippen LogP contribution in [0.1, 0.15) is 43.2 Å². The molecule has 1 aromatic carbocycles. The predicted molar refractivity (Wildman–Crippen MR) is 73.5 cm³/mol. The maximum atomic E-state index is 13.2. The fourth-order valence-corrected chi connectivity index (χ4v) is 4.02. The molecule has 0 spiro atoms. The van der Waals surface area contributed by atoms with Gasteiger partial charge in [0.15, 0.2) is 0 Å². The van der Waals surface area contributed by atoms with Crippen molar-refractivity contribution in [3.05, 3.63) is 35.1 Å². The molecule has 0 saturated carbocycles. The van der Waals surface area contributed by atoms with Gasteiger partial charge in [-0.25, -0.2) is 4.39 Å². The van der Waals surface area contributed by atoms with Gasteiger partial charge in [0, 0.05) is 12.1 Å². The Hall–Kier alpha value is -0.930. The highest BCUT2D eigenvalue weighted by atomic mass is 19.1. The summed E-state index contributed by atoms with van der Waals surface area (Å²) in [6.45, 7) is 1.89. The highest BCUT2D eigenvalue weighted by Crippen LogP contribution is 2.44. The molecule has 2 fully saturated rings. The minimum atomic E-state index is -0.778. The first kappa shape index (κ1) is 13.1. The monoisotopic (exact) mass is 263 g/mol. The van der Waals surface area contributed by atoms with Crippen LogP contribution in [-0.2, 0) is 5.60 Å². The summed E-state index contributed by atoms with van der Waals surface area (Å²) in [6.07, 6.45) is 5.13. The van der Waals surface area contributed by atoms with E-state index >= 15 is 0 Å². The summed E-state index contributed by atoms with van der Waals surface area (Å²) >= 11 is 0. The van der Waals surface area contributed by atoms with Crippen LogP contribution < -0.4 is 0 Å². The third-order valence-electron chi connectivity index (χ3n) is 5.06. The third kappa shape index (κ3) is 2.19. The topological polar surface area (TPSA) is 23.5 Å². The van der Waals surface area contributed by atoms with Crippen molar-refractivity contribution >= 4 is 0 Å². The Morgan fingerprint density at radius 1 is 1.26 bits per heavy atom. The molecule has 2 nitrogen and oxygen atoms in total. The molecule has 2 saturated heterocycles. The number of aryl methyl sites for hydroxylation is 1. The molecule has 19 heavy (non-hydrogen) atoms. The van der Waals surface area contributed by atoms with E-state index in [9.17, 15) is 9.50 Å². The molecule has 3 rings (SSSR count). The fourth-order valence-electron chi connectivity index (χ4n) is 4.02. The first-order valence-corrected chi connectivity index (χ1v) is 7.20. The minimum absolute atomic E-state index is 0.224. The maximum Gasteiger partial charge on any atom is 0.123 e. The number of hydrogen-bond donors (Lipinski definition) is 1. The average Bonchev–Trinajstić information content (AvgIpc) is 2.31. The van der Waals surface area contributed by atoms with E-state index in [1.165, 1.54) is 18.6 Å². The lowest BCUT2D eigenvalue weighted by atomic mass is 9.72. The van der Waals surface area contributed by atoms with E-state index in [1.54, 1.807) is 6.07 Å². The molecule has 2 aliphatic heterocycles. The van der Waals surface area contributed by atoms with E-state index in [1.807, 2.05) is 6.92 Å². The average molecular weight is 263 g/mol. The summed E-state index contributed by atoms with van der Waals surface area (Å²) in [5, 5.41) is 11.1. The Morgan fingerprint density at radius 3 is 2.47 bits per heavy atom. The third-order valence-corrected chi connectivity index (χ3v) is 5.06. The number of nitrogens with zero attached hydrogens (tertiary/aromatic N) is 1. The first-order valence-electron chi connectivity index (χ1n) is 7.20. The Labute approximate surface area is 114 Å². The van der Waals surface area contributed by atoms with Gasteiger partial charge in [-0.2, -0.15) is 0 Å². The molecule has 0 aromatic heterocycles. The molecular formula is C16H22FNO. The van der Waals surface area contributed by atoms with Crippen molar-refractivity contribution in [3.63, 3.8) is 0 Å². The number of benzene rings is 1. The summed E-state index contributed by atoms with van der Waals surface area (Å²) < 4.78 is 13.2. The number of hydrogen-bond acceptors (Lipinski definition) is 2. The Kier molecular flexibility index (Phi) is 3.14. The number of aliphatic hydroxyl groups is 1. The van der Waals surface area contributed by atoms with Crippen LogP contribution in [0.15, 0.2) is 18.2 Å². The van der Waals surface area contributed by atoms with E-state index in [-0.39, 0.29) is 5.82 Å². The lowest BCUT2D eigenvalue weighted by Gasteiger charge is -2.51. The molecule has 2 heterocycles. The van der Waals surface area contributed by atoms with Crippen LogP contribution in [0.3, 0.4) is 0 Å². The molecule has 2 bridgehead atoms. The molecule has 0 amide bonds. The molecular weight excluding hydrogens is 241 g/mol. The molecule has 0 radical (unpaired) electrons. The van der Waals surface area contributed by atoms with E-state index in [2.05, 4.69) is 11.9 Å². The summed E-state index contributed by atoms with van der Waals surface area (Å²) in [5.41, 5.74) is 1.00. The summed E-state index contributed by atoms with van der Waals surface area (Å²) in [5.74, 6) is -0.224. The summed E-state index contributed by atoms with van der Waals surface area (Å²) in [6, 6.07) is 5.69. The van der Waals surface area contributed by atoms with Crippen molar-refractivity contribution in [2.75, 3.05) is 7.05 Å². The van der Waals surface area contributed by atoms with Crippen LogP contribution in [0.2, 0.25) is 0 Å². The molecule has 1 N–H and O–H groups in total. The van der Waals surface area contributed by atoms with E-state index in [0.29, 0.717) is 12.1 Å². The van der Waals surface area contributed by atoms with E-state index < -0.39 is 5.60 Å². The van der Waals surface area contributed by atoms with Gasteiger partial charge in [-0.15, -0.1) is 0 Å². The lowest BCUT2D eigenvalue weighted by Crippen LogP contribution is -2.55. The molecule has 1 aromatic rings. The van der Waals surface area contributed by atoms with Crippen LogP contribution in [0.4, 0.5) is 4.39 Å². The smallest absolute Gasteiger partial charge is 0.123 e. The van der Waals surface area contributed by atoms with Gasteiger partial charge in [-0.3, -0.25) is 0 Å². The zero-order valence-corrected chi connectivity index (χ0v) is 11.7. The summed E-state index contributed by atoms with van der Waals surface area (Å²) in [7, 11) is 2.17. The van der Waals surface area contributed by atoms with Crippen LogP contribution in [0.25, 0.3) is 0 Å². The van der Waals surface area contributed by atoms with Gasteiger partial charge in [0.25, 0.3) is 0 Å². The molecule has 2 unspecified atom stereocenters. The number of rotatable bonds is 1. The normalized spacial score (nSPS) is 35.4. The van der Waals surface area contributed by atoms with Gasteiger partial charge in [0.2, 0.25) is 0 Å². The van der Waals surface area contributed by atoms with Crippen LogP contribution in [-0.4, -0.2) is 29.1 Å². The second kappa shape index (κ2) is 4.57. The number of halogens is 1. The zero-order chi connectivity index (χ0) is 13.6. The second-order valence-corrected chi connectivity index (χ2v) is 6.30. The zero-order valence-electron chi connectivity index (χ0n) is 11.7. The quantitative estimate of drug-likeness (QED) is 0.842. The highest BCUT2D eigenvalue weighted by Gasteiger charge is 2.45. The Bertz CT molecular complexity index is 474. The van der Waals surface area contributed by atoms with Crippen molar-refractivity contribution < 1.29 is 9.50 Å². The maximum absolute atomic E-state index is 13.2. The Morgan fingerprint density at radius 2 is 1.89 bits per heavy atom. The van der Waals surface area contributed by atoms with Gasteiger partial charge >= 0.3 is 0 Å². The summed E-state index contributed by atoms with van der Waals surface area (Å²) in [4.78, 5) is 2.43. The molecule has 2 aliphatic rings. The van der Waals surface area contributed by atoms with Gasteiger partial charge < -0.3 is 10.0 Å². The largest absolute Gasteiger partial charge is 0.385 e. The first-order chi connectivity index (χ1) is 8.99. The van der Waals surface area contributed by atoms with Crippen molar-refractivity contribution in [1.82, 2.24) is 4.90 Å². The van der Waals surface area contributed by atoms with E-state index in [4.69, 9.17) is 0 Å². The SMILES string of the molecule is Cc1cc(F)ccc1C1(O)CC2CCCC(C1)N2C. The molecule has 0 aliphatic carbocycles. The highest BCUT2D eigenvalue weighted by molar-refractivity contribution is 5.33. The number of fused-ring (bicyclic) bond motifs is 2. The van der Waals surface area contributed by atoms with E-state index in [0.717, 1.165) is 36.8 Å². The lowest BCUT2D eigenvalue weighted by molar-refractivity contribution is -0.0878. The van der Waals surface area contributed by atoms with Gasteiger partial charge in [0.1, 0.15) is 5.82 Å². The van der Waals surface area contributed by atoms with Crippen molar-refractivity contribution in [2.24, 2.45) is 0 Å². The van der Waals surface area contributed by atoms with Gasteiger partial charge in [-0.05, 0) is 62.9 Å².